The van der Waals surface area contributed by atoms with Crippen LogP contribution in [0, 0.1) is 0 Å². The first kappa shape index (κ1) is 34.8. The average molecular weight is 512 g/mol. The lowest BCUT2D eigenvalue weighted by Crippen LogP contribution is -2.53. The topological polar surface area (TPSA) is 110 Å². The van der Waals surface area contributed by atoms with Gasteiger partial charge in [-0.3, -0.25) is 4.79 Å². The van der Waals surface area contributed by atoms with Gasteiger partial charge in [0, 0.05) is 6.42 Å². The minimum Gasteiger partial charge on any atom is -0.394 e. The van der Waals surface area contributed by atoms with Gasteiger partial charge in [0.2, 0.25) is 5.91 Å². The summed E-state index contributed by atoms with van der Waals surface area (Å²) in [4.78, 5) is 12.3. The lowest BCUT2D eigenvalue weighted by atomic mass is 9.99. The second kappa shape index (κ2) is 25.4. The molecule has 0 rings (SSSR count). The molecule has 0 aromatic carbocycles. The van der Waals surface area contributed by atoms with Gasteiger partial charge < -0.3 is 25.7 Å². The van der Waals surface area contributed by atoms with Gasteiger partial charge in [0.15, 0.2) is 0 Å². The van der Waals surface area contributed by atoms with Crippen LogP contribution in [0.25, 0.3) is 0 Å². The second-order valence-electron chi connectivity index (χ2n) is 10.1. The highest BCUT2D eigenvalue weighted by atomic mass is 16.3. The Morgan fingerprint density at radius 2 is 1.25 bits per heavy atom. The summed E-state index contributed by atoms with van der Waals surface area (Å²) in [5, 5.41) is 42.8. The second-order valence-corrected chi connectivity index (χ2v) is 10.1. The quantitative estimate of drug-likeness (QED) is 0.0795. The van der Waals surface area contributed by atoms with E-state index in [1.54, 1.807) is 6.08 Å². The summed E-state index contributed by atoms with van der Waals surface area (Å²) in [6, 6.07) is -1.01. The third-order valence-electron chi connectivity index (χ3n) is 6.68. The number of amides is 1. The predicted octanol–water partition coefficient (Wildman–Crippen LogP) is 5.72. The zero-order valence-corrected chi connectivity index (χ0v) is 23.3. The Hall–Kier alpha value is -1.21. The molecule has 0 bridgehead atoms. The number of hydrogen-bond donors (Lipinski definition) is 5. The maximum atomic E-state index is 12.3. The highest BCUT2D eigenvalue weighted by Gasteiger charge is 2.28. The van der Waals surface area contributed by atoms with Crippen LogP contribution in [0.1, 0.15) is 129 Å². The molecule has 6 heteroatoms. The lowest BCUT2D eigenvalue weighted by molar-refractivity contribution is -0.132. The molecule has 0 aliphatic heterocycles. The van der Waals surface area contributed by atoms with E-state index in [4.69, 9.17) is 0 Å². The molecule has 1 amide bonds. The molecule has 0 fully saturated rings. The smallest absolute Gasteiger partial charge is 0.249 e. The standard InChI is InChI=1S/C30H57NO5/c1-3-5-7-9-11-13-14-15-16-18-20-22-24-28(34)30(36)31-26(25-32)29(35)27(33)23-21-19-17-12-10-8-6-4-2/h15-16,20,22,26-29,32-35H,3-14,17-19,21,23-25H2,1-2H3,(H,31,36)/b16-15-,22-20-. The molecule has 212 valence electrons. The number of carbonyl (C=O) groups is 1. The summed E-state index contributed by atoms with van der Waals surface area (Å²) in [7, 11) is 0. The van der Waals surface area contributed by atoms with E-state index in [9.17, 15) is 25.2 Å². The Bertz CT molecular complexity index is 551. The van der Waals surface area contributed by atoms with Crippen molar-refractivity contribution >= 4 is 5.91 Å². The average Bonchev–Trinajstić information content (AvgIpc) is 2.88. The van der Waals surface area contributed by atoms with Gasteiger partial charge in [-0.05, 0) is 25.7 Å². The van der Waals surface area contributed by atoms with Gasteiger partial charge in [0.1, 0.15) is 12.2 Å². The monoisotopic (exact) mass is 511 g/mol. The van der Waals surface area contributed by atoms with Gasteiger partial charge in [0.05, 0.1) is 18.8 Å². The van der Waals surface area contributed by atoms with Gasteiger partial charge in [-0.15, -0.1) is 0 Å². The van der Waals surface area contributed by atoms with E-state index in [1.807, 2.05) is 6.08 Å². The highest BCUT2D eigenvalue weighted by Crippen LogP contribution is 2.13. The third kappa shape index (κ3) is 19.9. The van der Waals surface area contributed by atoms with Gasteiger partial charge in [-0.1, -0.05) is 122 Å². The zero-order valence-electron chi connectivity index (χ0n) is 23.3. The molecule has 0 saturated heterocycles. The fourth-order valence-corrected chi connectivity index (χ4v) is 4.21. The van der Waals surface area contributed by atoms with Gasteiger partial charge in [-0.2, -0.15) is 0 Å². The third-order valence-corrected chi connectivity index (χ3v) is 6.68. The van der Waals surface area contributed by atoms with Gasteiger partial charge in [0.25, 0.3) is 0 Å². The van der Waals surface area contributed by atoms with Crippen molar-refractivity contribution in [2.75, 3.05) is 6.61 Å². The molecule has 0 aliphatic carbocycles. The predicted molar refractivity (Wildman–Crippen MR) is 150 cm³/mol. The molecule has 4 unspecified atom stereocenters. The molecule has 0 saturated carbocycles. The number of aliphatic hydroxyl groups is 4. The van der Waals surface area contributed by atoms with E-state index in [1.165, 1.54) is 70.6 Å². The molecular weight excluding hydrogens is 454 g/mol. The molecule has 6 nitrogen and oxygen atoms in total. The summed E-state index contributed by atoms with van der Waals surface area (Å²) >= 11 is 0. The van der Waals surface area contributed by atoms with E-state index in [2.05, 4.69) is 31.3 Å². The molecule has 4 atom stereocenters. The van der Waals surface area contributed by atoms with E-state index < -0.39 is 36.9 Å². The first-order valence-corrected chi connectivity index (χ1v) is 14.7. The van der Waals surface area contributed by atoms with Crippen LogP contribution in [0.3, 0.4) is 0 Å². The minimum atomic E-state index is -1.27. The van der Waals surface area contributed by atoms with E-state index >= 15 is 0 Å². The molecule has 36 heavy (non-hydrogen) atoms. The SMILES string of the molecule is CCCCCCCC/C=C\C/C=C\CC(O)C(=O)NC(CO)C(O)C(O)CCCCCCCCCC. The summed E-state index contributed by atoms with van der Waals surface area (Å²) in [5.41, 5.74) is 0. The number of rotatable bonds is 25. The Kier molecular flexibility index (Phi) is 24.6. The summed E-state index contributed by atoms with van der Waals surface area (Å²) in [6.45, 7) is 3.92. The van der Waals surface area contributed by atoms with Crippen LogP contribution < -0.4 is 5.32 Å². The van der Waals surface area contributed by atoms with Crippen molar-refractivity contribution in [3.8, 4) is 0 Å². The van der Waals surface area contributed by atoms with Crippen molar-refractivity contribution in [2.45, 2.75) is 154 Å². The molecule has 0 aromatic heterocycles. The van der Waals surface area contributed by atoms with E-state index in [0.717, 1.165) is 32.1 Å². The number of carbonyl (C=O) groups excluding carboxylic acids is 1. The molecule has 5 N–H and O–H groups in total. The maximum Gasteiger partial charge on any atom is 0.249 e. The Morgan fingerprint density at radius 1 is 0.722 bits per heavy atom. The van der Waals surface area contributed by atoms with Crippen LogP contribution in [0.4, 0.5) is 0 Å². The normalized spacial score (nSPS) is 15.4. The molecule has 0 aliphatic rings. The van der Waals surface area contributed by atoms with Gasteiger partial charge >= 0.3 is 0 Å². The van der Waals surface area contributed by atoms with E-state index in [0.29, 0.717) is 6.42 Å². The van der Waals surface area contributed by atoms with Crippen molar-refractivity contribution < 1.29 is 25.2 Å². The first-order chi connectivity index (χ1) is 17.5. The summed E-state index contributed by atoms with van der Waals surface area (Å²) in [6.07, 6.45) is 23.7. The molecule has 0 spiro atoms. The van der Waals surface area contributed by atoms with Crippen LogP contribution in [0.2, 0.25) is 0 Å². The van der Waals surface area contributed by atoms with Crippen LogP contribution >= 0.6 is 0 Å². The highest BCUT2D eigenvalue weighted by molar-refractivity contribution is 5.81. The Balaban J connectivity index is 4.06. The van der Waals surface area contributed by atoms with Crippen molar-refractivity contribution in [1.29, 1.82) is 0 Å². The van der Waals surface area contributed by atoms with Crippen molar-refractivity contribution in [2.24, 2.45) is 0 Å². The fourth-order valence-electron chi connectivity index (χ4n) is 4.21. The molecule has 0 heterocycles. The van der Waals surface area contributed by atoms with Crippen LogP contribution in [0.5, 0.6) is 0 Å². The number of unbranched alkanes of at least 4 members (excludes halogenated alkanes) is 13. The zero-order chi connectivity index (χ0) is 26.9. The molecule has 0 aromatic rings. The number of hydrogen-bond acceptors (Lipinski definition) is 5. The minimum absolute atomic E-state index is 0.159. The van der Waals surface area contributed by atoms with Crippen LogP contribution in [-0.2, 0) is 4.79 Å². The Morgan fingerprint density at radius 3 is 1.83 bits per heavy atom. The summed E-state index contributed by atoms with van der Waals surface area (Å²) in [5.74, 6) is -0.657. The number of aliphatic hydroxyl groups excluding tert-OH is 4. The summed E-state index contributed by atoms with van der Waals surface area (Å²) < 4.78 is 0. The first-order valence-electron chi connectivity index (χ1n) is 14.7. The van der Waals surface area contributed by atoms with Crippen molar-refractivity contribution in [1.82, 2.24) is 5.32 Å². The van der Waals surface area contributed by atoms with Crippen LogP contribution in [0.15, 0.2) is 24.3 Å². The molecular formula is C30H57NO5. The number of nitrogens with one attached hydrogen (secondary N) is 1. The molecule has 0 radical (unpaired) electrons. The largest absolute Gasteiger partial charge is 0.394 e. The Labute approximate surface area is 221 Å². The van der Waals surface area contributed by atoms with Crippen LogP contribution in [-0.4, -0.2) is 57.3 Å². The fraction of sp³-hybridized carbons (Fsp3) is 0.833. The number of allylic oxidation sites excluding steroid dienone is 3. The lowest BCUT2D eigenvalue weighted by Gasteiger charge is -2.27. The van der Waals surface area contributed by atoms with Gasteiger partial charge in [-0.25, -0.2) is 0 Å². The van der Waals surface area contributed by atoms with Crippen molar-refractivity contribution in [3.63, 3.8) is 0 Å². The van der Waals surface area contributed by atoms with Crippen molar-refractivity contribution in [3.05, 3.63) is 24.3 Å². The maximum absolute atomic E-state index is 12.3. The van der Waals surface area contributed by atoms with E-state index in [-0.39, 0.29) is 6.42 Å².